The van der Waals surface area contributed by atoms with Gasteiger partial charge < -0.3 is 24.6 Å². The van der Waals surface area contributed by atoms with E-state index in [0.717, 1.165) is 50.8 Å². The number of piperidine rings is 1. The van der Waals surface area contributed by atoms with Crippen molar-refractivity contribution in [3.63, 3.8) is 0 Å². The number of carbonyl (C=O) groups excluding carboxylic acids is 2. The van der Waals surface area contributed by atoms with Gasteiger partial charge in [-0.1, -0.05) is 37.3 Å². The van der Waals surface area contributed by atoms with Crippen molar-refractivity contribution in [2.75, 3.05) is 39.6 Å². The minimum Gasteiger partial charge on any atom is -0.355 e. The molecule has 0 radical (unpaired) electrons. The SMILES string of the molecule is CC(C)N1C(=O)N(CC2(C)COCOC2)CC12CC1CCC(C2)N1CC[C@H](NC(=O)C1CCC(F)(F)CC1)c1ccccc1. The van der Waals surface area contributed by atoms with Gasteiger partial charge in [0.25, 0.3) is 0 Å². The Morgan fingerprint density at radius 3 is 2.27 bits per heavy atom. The molecule has 1 aromatic rings. The predicted molar refractivity (Wildman–Crippen MR) is 163 cm³/mol. The summed E-state index contributed by atoms with van der Waals surface area (Å²) in [6.45, 7) is 10.1. The second kappa shape index (κ2) is 12.5. The first-order chi connectivity index (χ1) is 21.0. The number of alkyl halides is 2. The van der Waals surface area contributed by atoms with Crippen molar-refractivity contribution in [3.05, 3.63) is 35.9 Å². The number of ether oxygens (including phenoxy) is 2. The highest BCUT2D eigenvalue weighted by molar-refractivity contribution is 5.79. The maximum absolute atomic E-state index is 13.9. The molecule has 1 saturated carbocycles. The van der Waals surface area contributed by atoms with E-state index >= 15 is 0 Å². The zero-order valence-corrected chi connectivity index (χ0v) is 26.6. The predicted octanol–water partition coefficient (Wildman–Crippen LogP) is 5.58. The van der Waals surface area contributed by atoms with Gasteiger partial charge in [-0.2, -0.15) is 0 Å². The number of nitrogens with one attached hydrogen (secondary N) is 1. The van der Waals surface area contributed by atoms with Gasteiger partial charge in [0.2, 0.25) is 11.8 Å². The van der Waals surface area contributed by atoms with E-state index < -0.39 is 5.92 Å². The molecule has 5 fully saturated rings. The second-order valence-electron chi connectivity index (χ2n) is 14.9. The molecule has 1 spiro atoms. The summed E-state index contributed by atoms with van der Waals surface area (Å²) in [6, 6.07) is 10.9. The Hall–Kier alpha value is -2.30. The Morgan fingerprint density at radius 1 is 1.02 bits per heavy atom. The lowest BCUT2D eigenvalue weighted by Crippen LogP contribution is -2.60. The summed E-state index contributed by atoms with van der Waals surface area (Å²) in [6.07, 6.45) is 4.94. The second-order valence-corrected chi connectivity index (χ2v) is 14.9. The third-order valence-corrected chi connectivity index (χ3v) is 10.9. The van der Waals surface area contributed by atoms with E-state index in [2.05, 4.69) is 40.8 Å². The lowest BCUT2D eigenvalue weighted by atomic mass is 9.81. The van der Waals surface area contributed by atoms with Gasteiger partial charge in [-0.15, -0.1) is 0 Å². The van der Waals surface area contributed by atoms with Crippen molar-refractivity contribution in [3.8, 4) is 0 Å². The van der Waals surface area contributed by atoms with Crippen LogP contribution in [-0.4, -0.2) is 95.9 Å². The van der Waals surface area contributed by atoms with E-state index in [9.17, 15) is 18.4 Å². The van der Waals surface area contributed by atoms with Crippen LogP contribution in [0.2, 0.25) is 0 Å². The fraction of sp³-hybridized carbons (Fsp3) is 0.765. The highest BCUT2D eigenvalue weighted by atomic mass is 19.3. The number of rotatable bonds is 9. The van der Waals surface area contributed by atoms with Crippen LogP contribution in [0, 0.1) is 11.3 Å². The quantitative estimate of drug-likeness (QED) is 0.392. The lowest BCUT2D eigenvalue weighted by Gasteiger charge is -2.49. The molecule has 1 aliphatic carbocycles. The van der Waals surface area contributed by atoms with Gasteiger partial charge in [-0.3, -0.25) is 9.69 Å². The molecule has 0 aromatic heterocycles. The third-order valence-electron chi connectivity index (χ3n) is 10.9. The van der Waals surface area contributed by atoms with Gasteiger partial charge in [0, 0.05) is 61.9 Å². The standard InChI is InChI=1S/C34H50F2N4O4/c1-24(2)40-31(42)38(19-32(3)21-43-23-44-22-32)20-33(40)17-27-9-10-28(18-33)39(27)16-13-29(25-7-5-4-6-8-25)37-30(41)26-11-14-34(35,36)15-12-26/h4-8,24,26-29H,9-23H2,1-3H3,(H,37,41)/t27?,28?,29-,33?/m0/s1. The highest BCUT2D eigenvalue weighted by Gasteiger charge is 2.58. The van der Waals surface area contributed by atoms with E-state index in [4.69, 9.17) is 9.47 Å². The van der Waals surface area contributed by atoms with Crippen LogP contribution in [0.4, 0.5) is 13.6 Å². The third kappa shape index (κ3) is 6.49. The summed E-state index contributed by atoms with van der Waals surface area (Å²) < 4.78 is 38.7. The Bertz CT molecular complexity index is 1150. The molecule has 44 heavy (non-hydrogen) atoms. The zero-order valence-electron chi connectivity index (χ0n) is 26.6. The summed E-state index contributed by atoms with van der Waals surface area (Å²) in [5.41, 5.74) is 0.656. The van der Waals surface area contributed by atoms with Gasteiger partial charge in [-0.25, -0.2) is 13.6 Å². The van der Waals surface area contributed by atoms with Crippen LogP contribution in [0.15, 0.2) is 30.3 Å². The van der Waals surface area contributed by atoms with E-state index in [1.165, 1.54) is 0 Å². The van der Waals surface area contributed by atoms with E-state index in [1.807, 2.05) is 30.3 Å². The largest absolute Gasteiger partial charge is 0.355 e. The lowest BCUT2D eigenvalue weighted by molar-refractivity contribution is -0.162. The molecule has 8 nitrogen and oxygen atoms in total. The Balaban J connectivity index is 1.13. The molecule has 4 aliphatic heterocycles. The molecule has 244 valence electrons. The molecule has 1 aromatic carbocycles. The smallest absolute Gasteiger partial charge is 0.320 e. The fourth-order valence-corrected chi connectivity index (χ4v) is 8.96. The van der Waals surface area contributed by atoms with Gasteiger partial charge in [0.05, 0.1) is 24.8 Å². The molecule has 5 aliphatic rings. The van der Waals surface area contributed by atoms with Crippen LogP contribution in [0.1, 0.15) is 90.2 Å². The van der Waals surface area contributed by atoms with Crippen LogP contribution in [-0.2, 0) is 14.3 Å². The number of nitrogens with zero attached hydrogens (tertiary/aromatic N) is 3. The number of hydrogen-bond donors (Lipinski definition) is 1. The molecular weight excluding hydrogens is 566 g/mol. The van der Waals surface area contributed by atoms with Crippen molar-refractivity contribution >= 4 is 11.9 Å². The van der Waals surface area contributed by atoms with Crippen molar-refractivity contribution in [2.45, 2.75) is 114 Å². The van der Waals surface area contributed by atoms with E-state index in [1.54, 1.807) is 0 Å². The Labute approximate surface area is 260 Å². The van der Waals surface area contributed by atoms with Crippen LogP contribution in [0.3, 0.4) is 0 Å². The van der Waals surface area contributed by atoms with Gasteiger partial charge >= 0.3 is 6.03 Å². The number of fused-ring (bicyclic) bond motifs is 2. The average Bonchev–Trinajstić information content (AvgIpc) is 3.39. The highest BCUT2D eigenvalue weighted by Crippen LogP contribution is 2.48. The molecule has 3 amide bonds. The number of carbonyl (C=O) groups is 2. The van der Waals surface area contributed by atoms with Gasteiger partial charge in [0.15, 0.2) is 0 Å². The minimum atomic E-state index is -2.65. The van der Waals surface area contributed by atoms with E-state index in [0.29, 0.717) is 38.6 Å². The number of amides is 3. The van der Waals surface area contributed by atoms with Crippen molar-refractivity contribution in [2.24, 2.45) is 11.3 Å². The molecular formula is C34H50F2N4O4. The van der Waals surface area contributed by atoms with Crippen LogP contribution in [0.25, 0.3) is 0 Å². The van der Waals surface area contributed by atoms with E-state index in [-0.39, 0.29) is 66.6 Å². The zero-order chi connectivity index (χ0) is 31.1. The summed E-state index contributed by atoms with van der Waals surface area (Å²) >= 11 is 0. The molecule has 10 heteroatoms. The average molecular weight is 617 g/mol. The van der Waals surface area contributed by atoms with Crippen LogP contribution < -0.4 is 5.32 Å². The van der Waals surface area contributed by atoms with Gasteiger partial charge in [-0.05, 0) is 64.4 Å². The van der Waals surface area contributed by atoms with Crippen molar-refractivity contribution < 1.29 is 27.8 Å². The molecule has 4 heterocycles. The fourth-order valence-electron chi connectivity index (χ4n) is 8.96. The number of urea groups is 1. The topological polar surface area (TPSA) is 74.4 Å². The molecule has 2 unspecified atom stereocenters. The normalized spacial score (nSPS) is 31.2. The maximum atomic E-state index is 13.9. The first-order valence-corrected chi connectivity index (χ1v) is 16.7. The van der Waals surface area contributed by atoms with Gasteiger partial charge in [0.1, 0.15) is 6.79 Å². The first-order valence-electron chi connectivity index (χ1n) is 16.7. The summed E-state index contributed by atoms with van der Waals surface area (Å²) in [5.74, 6) is -3.11. The van der Waals surface area contributed by atoms with Crippen LogP contribution >= 0.6 is 0 Å². The van der Waals surface area contributed by atoms with Crippen molar-refractivity contribution in [1.29, 1.82) is 0 Å². The molecule has 1 N–H and O–H groups in total. The summed E-state index contributed by atoms with van der Waals surface area (Å²) in [5, 5.41) is 3.25. The molecule has 2 bridgehead atoms. The number of halogens is 2. The molecule has 6 rings (SSSR count). The Kier molecular flexibility index (Phi) is 8.98. The molecule has 3 atom stereocenters. The molecule has 4 saturated heterocycles. The summed E-state index contributed by atoms with van der Waals surface area (Å²) in [4.78, 5) is 34.0. The Morgan fingerprint density at radius 2 is 1.66 bits per heavy atom. The minimum absolute atomic E-state index is 0.102. The number of benzene rings is 1. The monoisotopic (exact) mass is 616 g/mol. The maximum Gasteiger partial charge on any atom is 0.320 e. The summed E-state index contributed by atoms with van der Waals surface area (Å²) in [7, 11) is 0. The van der Waals surface area contributed by atoms with Crippen LogP contribution in [0.5, 0.6) is 0 Å². The van der Waals surface area contributed by atoms with Crippen molar-refractivity contribution in [1.82, 2.24) is 20.0 Å². The first kappa shape index (κ1) is 31.7. The number of hydrogen-bond acceptors (Lipinski definition) is 5.